The lowest BCUT2D eigenvalue weighted by atomic mass is 10.2. The SMILES string of the molecule is Cc1ccccc1N[C@@H](C)C(=O)Nc1cc(Cl)ccc1Cl. The van der Waals surface area contributed by atoms with Crippen LogP contribution in [-0.4, -0.2) is 11.9 Å². The van der Waals surface area contributed by atoms with E-state index in [4.69, 9.17) is 23.2 Å². The second kappa shape index (κ2) is 6.83. The number of anilines is 2. The van der Waals surface area contributed by atoms with Crippen molar-refractivity contribution in [3.63, 3.8) is 0 Å². The second-order valence-corrected chi connectivity index (χ2v) is 5.64. The molecule has 0 aliphatic heterocycles. The van der Waals surface area contributed by atoms with E-state index in [-0.39, 0.29) is 5.91 Å². The Balaban J connectivity index is 2.06. The molecule has 1 amide bonds. The molecule has 0 saturated heterocycles. The van der Waals surface area contributed by atoms with Gasteiger partial charge in [0.2, 0.25) is 5.91 Å². The average Bonchev–Trinajstić information content (AvgIpc) is 2.45. The van der Waals surface area contributed by atoms with Gasteiger partial charge in [-0.2, -0.15) is 0 Å². The van der Waals surface area contributed by atoms with Crippen LogP contribution in [0.2, 0.25) is 10.0 Å². The van der Waals surface area contributed by atoms with E-state index in [0.717, 1.165) is 11.3 Å². The second-order valence-electron chi connectivity index (χ2n) is 4.79. The van der Waals surface area contributed by atoms with Gasteiger partial charge in [0.05, 0.1) is 10.7 Å². The quantitative estimate of drug-likeness (QED) is 0.853. The van der Waals surface area contributed by atoms with E-state index in [9.17, 15) is 4.79 Å². The first-order chi connectivity index (χ1) is 9.97. The third kappa shape index (κ3) is 4.13. The lowest BCUT2D eigenvalue weighted by Crippen LogP contribution is -2.32. The van der Waals surface area contributed by atoms with Crippen LogP contribution in [0.5, 0.6) is 0 Å². The Hall–Kier alpha value is -1.71. The fraction of sp³-hybridized carbons (Fsp3) is 0.188. The number of amides is 1. The minimum Gasteiger partial charge on any atom is -0.374 e. The van der Waals surface area contributed by atoms with Crippen molar-refractivity contribution in [2.24, 2.45) is 0 Å². The molecule has 0 bridgehead atoms. The van der Waals surface area contributed by atoms with E-state index in [2.05, 4.69) is 10.6 Å². The van der Waals surface area contributed by atoms with Crippen molar-refractivity contribution in [3.8, 4) is 0 Å². The molecule has 21 heavy (non-hydrogen) atoms. The number of rotatable bonds is 4. The highest BCUT2D eigenvalue weighted by molar-refractivity contribution is 6.35. The molecule has 2 N–H and O–H groups in total. The highest BCUT2D eigenvalue weighted by atomic mass is 35.5. The Bertz CT molecular complexity index is 658. The Morgan fingerprint density at radius 1 is 1.10 bits per heavy atom. The predicted octanol–water partition coefficient (Wildman–Crippen LogP) is 4.74. The number of carbonyl (C=O) groups excluding carboxylic acids is 1. The van der Waals surface area contributed by atoms with Crippen molar-refractivity contribution in [3.05, 3.63) is 58.1 Å². The molecular formula is C16H16Cl2N2O. The van der Waals surface area contributed by atoms with E-state index in [1.807, 2.05) is 31.2 Å². The molecule has 110 valence electrons. The first kappa shape index (κ1) is 15.7. The van der Waals surface area contributed by atoms with Gasteiger partial charge in [-0.05, 0) is 43.7 Å². The Morgan fingerprint density at radius 3 is 2.52 bits per heavy atom. The molecule has 2 aromatic rings. The first-order valence-electron chi connectivity index (χ1n) is 6.55. The minimum absolute atomic E-state index is 0.178. The average molecular weight is 323 g/mol. The van der Waals surface area contributed by atoms with Crippen LogP contribution in [0, 0.1) is 6.92 Å². The summed E-state index contributed by atoms with van der Waals surface area (Å²) in [5.74, 6) is -0.178. The van der Waals surface area contributed by atoms with Crippen LogP contribution < -0.4 is 10.6 Å². The van der Waals surface area contributed by atoms with Gasteiger partial charge in [0, 0.05) is 10.7 Å². The van der Waals surface area contributed by atoms with E-state index in [0.29, 0.717) is 15.7 Å². The molecule has 0 radical (unpaired) electrons. The predicted molar refractivity (Wildman–Crippen MR) is 89.4 cm³/mol. The summed E-state index contributed by atoms with van der Waals surface area (Å²) in [4.78, 5) is 12.2. The van der Waals surface area contributed by atoms with Crippen LogP contribution in [0.25, 0.3) is 0 Å². The molecule has 0 heterocycles. The standard InChI is InChI=1S/C16H16Cl2N2O/c1-10-5-3-4-6-14(10)19-11(2)16(21)20-15-9-12(17)7-8-13(15)18/h3-9,11,19H,1-2H3,(H,20,21)/t11-/m0/s1. The van der Waals surface area contributed by atoms with Gasteiger partial charge in [0.15, 0.2) is 0 Å². The molecule has 0 fully saturated rings. The van der Waals surface area contributed by atoms with E-state index in [1.165, 1.54) is 0 Å². The molecule has 0 spiro atoms. The molecule has 5 heteroatoms. The van der Waals surface area contributed by atoms with E-state index in [1.54, 1.807) is 25.1 Å². The molecule has 1 atom stereocenters. The number of para-hydroxylation sites is 1. The lowest BCUT2D eigenvalue weighted by molar-refractivity contribution is -0.116. The highest BCUT2D eigenvalue weighted by Crippen LogP contribution is 2.25. The molecule has 0 aliphatic carbocycles. The van der Waals surface area contributed by atoms with Gasteiger partial charge in [-0.25, -0.2) is 0 Å². The number of benzene rings is 2. The molecule has 0 aliphatic rings. The first-order valence-corrected chi connectivity index (χ1v) is 7.31. The van der Waals surface area contributed by atoms with Gasteiger partial charge < -0.3 is 10.6 Å². The number of hydrogen-bond acceptors (Lipinski definition) is 2. The van der Waals surface area contributed by atoms with Gasteiger partial charge in [0.1, 0.15) is 6.04 Å². The maximum atomic E-state index is 12.2. The molecule has 0 aromatic heterocycles. The molecule has 2 rings (SSSR count). The number of halogens is 2. The van der Waals surface area contributed by atoms with Crippen molar-refractivity contribution in [2.75, 3.05) is 10.6 Å². The fourth-order valence-corrected chi connectivity index (χ4v) is 2.20. The molecular weight excluding hydrogens is 307 g/mol. The van der Waals surface area contributed by atoms with Crippen LogP contribution in [-0.2, 0) is 4.79 Å². The smallest absolute Gasteiger partial charge is 0.246 e. The molecule has 0 unspecified atom stereocenters. The third-order valence-electron chi connectivity index (χ3n) is 3.10. The number of aryl methyl sites for hydroxylation is 1. The minimum atomic E-state index is -0.402. The summed E-state index contributed by atoms with van der Waals surface area (Å²) in [5, 5.41) is 6.93. The summed E-state index contributed by atoms with van der Waals surface area (Å²) < 4.78 is 0. The van der Waals surface area contributed by atoms with Crippen molar-refractivity contribution in [2.45, 2.75) is 19.9 Å². The summed E-state index contributed by atoms with van der Waals surface area (Å²) in [6.45, 7) is 3.78. The van der Waals surface area contributed by atoms with Crippen LogP contribution >= 0.6 is 23.2 Å². The lowest BCUT2D eigenvalue weighted by Gasteiger charge is -2.17. The number of carbonyl (C=O) groups is 1. The van der Waals surface area contributed by atoms with E-state index < -0.39 is 6.04 Å². The zero-order valence-corrected chi connectivity index (χ0v) is 13.3. The Kier molecular flexibility index (Phi) is 5.10. The van der Waals surface area contributed by atoms with Gasteiger partial charge >= 0.3 is 0 Å². The maximum absolute atomic E-state index is 12.2. The van der Waals surface area contributed by atoms with Gasteiger partial charge in [-0.15, -0.1) is 0 Å². The highest BCUT2D eigenvalue weighted by Gasteiger charge is 2.15. The van der Waals surface area contributed by atoms with Gasteiger partial charge in [-0.3, -0.25) is 4.79 Å². The largest absolute Gasteiger partial charge is 0.374 e. The van der Waals surface area contributed by atoms with Crippen LogP contribution in [0.4, 0.5) is 11.4 Å². The number of nitrogens with one attached hydrogen (secondary N) is 2. The van der Waals surface area contributed by atoms with Crippen molar-refractivity contribution in [1.29, 1.82) is 0 Å². The van der Waals surface area contributed by atoms with Crippen LogP contribution in [0.15, 0.2) is 42.5 Å². The maximum Gasteiger partial charge on any atom is 0.246 e. The van der Waals surface area contributed by atoms with Crippen LogP contribution in [0.3, 0.4) is 0 Å². The topological polar surface area (TPSA) is 41.1 Å². The normalized spacial score (nSPS) is 11.8. The Labute approximate surface area is 134 Å². The fourth-order valence-electron chi connectivity index (χ4n) is 1.87. The summed E-state index contributed by atoms with van der Waals surface area (Å²) in [6.07, 6.45) is 0. The van der Waals surface area contributed by atoms with E-state index >= 15 is 0 Å². The zero-order valence-electron chi connectivity index (χ0n) is 11.8. The van der Waals surface area contributed by atoms with Crippen LogP contribution in [0.1, 0.15) is 12.5 Å². The number of hydrogen-bond donors (Lipinski definition) is 2. The summed E-state index contributed by atoms with van der Waals surface area (Å²) in [7, 11) is 0. The van der Waals surface area contributed by atoms with Gasteiger partial charge in [-0.1, -0.05) is 41.4 Å². The summed E-state index contributed by atoms with van der Waals surface area (Å²) in [6, 6.07) is 12.4. The third-order valence-corrected chi connectivity index (χ3v) is 3.66. The Morgan fingerprint density at radius 2 is 1.81 bits per heavy atom. The van der Waals surface area contributed by atoms with Crippen molar-refractivity contribution < 1.29 is 4.79 Å². The summed E-state index contributed by atoms with van der Waals surface area (Å²) >= 11 is 11.9. The summed E-state index contributed by atoms with van der Waals surface area (Å²) in [5.41, 5.74) is 2.52. The van der Waals surface area contributed by atoms with Crippen molar-refractivity contribution in [1.82, 2.24) is 0 Å². The van der Waals surface area contributed by atoms with Crippen molar-refractivity contribution >= 4 is 40.5 Å². The molecule has 0 saturated carbocycles. The van der Waals surface area contributed by atoms with Gasteiger partial charge in [0.25, 0.3) is 0 Å². The monoisotopic (exact) mass is 322 g/mol. The molecule has 3 nitrogen and oxygen atoms in total. The molecule has 2 aromatic carbocycles. The zero-order chi connectivity index (χ0) is 15.4.